The van der Waals surface area contributed by atoms with Gasteiger partial charge in [0.2, 0.25) is 5.91 Å². The molecule has 2 aliphatic rings. The number of ether oxygens (including phenoxy) is 1. The van der Waals surface area contributed by atoms with Gasteiger partial charge in [-0.25, -0.2) is 0 Å². The first-order valence-electron chi connectivity index (χ1n) is 8.81. The molecule has 0 saturated heterocycles. The molecule has 1 unspecified atom stereocenters. The highest BCUT2D eigenvalue weighted by molar-refractivity contribution is 6.11. The molecule has 0 bridgehead atoms. The average Bonchev–Trinajstić information content (AvgIpc) is 3.14. The smallest absolute Gasteiger partial charge is 0.245 e. The highest BCUT2D eigenvalue weighted by Crippen LogP contribution is 2.52. The van der Waals surface area contributed by atoms with Crippen LogP contribution in [0.15, 0.2) is 42.5 Å². The number of benzene rings is 2. The van der Waals surface area contributed by atoms with Crippen LogP contribution in [0, 0.1) is 11.3 Å². The van der Waals surface area contributed by atoms with E-state index in [4.69, 9.17) is 4.74 Å². The molecule has 0 fully saturated rings. The molecule has 2 aromatic carbocycles. The number of rotatable bonds is 4. The molecule has 4 rings (SSSR count). The second-order valence-electron chi connectivity index (χ2n) is 6.70. The molecule has 2 heterocycles. The van der Waals surface area contributed by atoms with Gasteiger partial charge in [0.05, 0.1) is 11.6 Å². The number of carbonyl (C=O) groups is 1. The Kier molecular flexibility index (Phi) is 3.73. The Morgan fingerprint density at radius 2 is 2.04 bits per heavy atom. The van der Waals surface area contributed by atoms with Crippen molar-refractivity contribution in [1.82, 2.24) is 0 Å². The second kappa shape index (κ2) is 5.93. The Labute approximate surface area is 147 Å². The largest absolute Gasteiger partial charge is 0.491 e. The van der Waals surface area contributed by atoms with Crippen LogP contribution in [-0.4, -0.2) is 19.1 Å². The van der Waals surface area contributed by atoms with Crippen LogP contribution in [-0.2, 0) is 10.2 Å². The Balaban J connectivity index is 1.85. The van der Waals surface area contributed by atoms with Gasteiger partial charge in [0.25, 0.3) is 0 Å². The Morgan fingerprint density at radius 3 is 2.84 bits per heavy atom. The fourth-order valence-corrected chi connectivity index (χ4v) is 3.99. The predicted octanol–water partition coefficient (Wildman–Crippen LogP) is 3.77. The summed E-state index contributed by atoms with van der Waals surface area (Å²) in [6, 6.07) is 15.5. The van der Waals surface area contributed by atoms with E-state index in [1.165, 1.54) is 0 Å². The Bertz CT molecular complexity index is 884. The number of amides is 1. The van der Waals surface area contributed by atoms with Crippen molar-refractivity contribution >= 4 is 11.6 Å². The van der Waals surface area contributed by atoms with E-state index in [-0.39, 0.29) is 5.91 Å². The third kappa shape index (κ3) is 2.16. The van der Waals surface area contributed by atoms with Crippen molar-refractivity contribution < 1.29 is 9.53 Å². The van der Waals surface area contributed by atoms with Crippen molar-refractivity contribution in [3.8, 4) is 11.8 Å². The van der Waals surface area contributed by atoms with E-state index in [0.717, 1.165) is 42.6 Å². The van der Waals surface area contributed by atoms with Crippen LogP contribution in [0.5, 0.6) is 5.75 Å². The number of unbranched alkanes of at least 4 members (excludes halogenated alkanes) is 2. The molecule has 0 aromatic heterocycles. The van der Waals surface area contributed by atoms with Crippen LogP contribution in [0.25, 0.3) is 0 Å². The van der Waals surface area contributed by atoms with Gasteiger partial charge in [0.15, 0.2) is 0 Å². The van der Waals surface area contributed by atoms with Crippen molar-refractivity contribution in [3.63, 3.8) is 0 Å². The summed E-state index contributed by atoms with van der Waals surface area (Å²) in [5.74, 6) is 0.774. The standard InChI is InChI=1S/C21H20N2O2/c1-2-3-6-11-23-18-8-5-4-7-16(18)21(20(23)24)14-25-19-10-9-15(13-22)12-17(19)21/h4-5,7-10,12H,2-3,6,11,14H2,1H3. The van der Waals surface area contributed by atoms with Crippen molar-refractivity contribution in [1.29, 1.82) is 5.26 Å². The summed E-state index contributed by atoms with van der Waals surface area (Å²) in [5.41, 5.74) is 2.53. The van der Waals surface area contributed by atoms with E-state index in [9.17, 15) is 10.1 Å². The predicted molar refractivity (Wildman–Crippen MR) is 95.8 cm³/mol. The minimum atomic E-state index is -0.814. The average molecular weight is 332 g/mol. The van der Waals surface area contributed by atoms with Crippen LogP contribution in [0.3, 0.4) is 0 Å². The maximum Gasteiger partial charge on any atom is 0.245 e. The third-order valence-electron chi connectivity index (χ3n) is 5.26. The lowest BCUT2D eigenvalue weighted by molar-refractivity contribution is -0.122. The molecule has 1 spiro atoms. The first-order valence-corrected chi connectivity index (χ1v) is 8.81. The van der Waals surface area contributed by atoms with E-state index in [1.54, 1.807) is 12.1 Å². The number of anilines is 1. The fourth-order valence-electron chi connectivity index (χ4n) is 3.99. The van der Waals surface area contributed by atoms with Crippen LogP contribution in [0.1, 0.15) is 42.9 Å². The lowest BCUT2D eigenvalue weighted by Crippen LogP contribution is -2.42. The minimum absolute atomic E-state index is 0.0682. The normalized spacial score (nSPS) is 20.3. The topological polar surface area (TPSA) is 53.3 Å². The molecule has 1 atom stereocenters. The van der Waals surface area contributed by atoms with Gasteiger partial charge in [-0.3, -0.25) is 4.79 Å². The van der Waals surface area contributed by atoms with Crippen LogP contribution in [0.2, 0.25) is 0 Å². The zero-order valence-corrected chi connectivity index (χ0v) is 14.3. The van der Waals surface area contributed by atoms with Crippen LogP contribution < -0.4 is 9.64 Å². The quantitative estimate of drug-likeness (QED) is 0.801. The first kappa shape index (κ1) is 15.7. The zero-order valence-electron chi connectivity index (χ0n) is 14.3. The van der Waals surface area contributed by atoms with Gasteiger partial charge >= 0.3 is 0 Å². The molecule has 0 N–H and O–H groups in total. The summed E-state index contributed by atoms with van der Waals surface area (Å²) < 4.78 is 5.88. The van der Waals surface area contributed by atoms with Gasteiger partial charge in [0.1, 0.15) is 17.8 Å². The van der Waals surface area contributed by atoms with E-state index < -0.39 is 5.41 Å². The van der Waals surface area contributed by atoms with Gasteiger partial charge < -0.3 is 9.64 Å². The Morgan fingerprint density at radius 1 is 1.20 bits per heavy atom. The molecule has 126 valence electrons. The molecule has 0 radical (unpaired) electrons. The molecule has 4 nitrogen and oxygen atoms in total. The molecule has 2 aliphatic heterocycles. The molecule has 2 aromatic rings. The molecule has 0 saturated carbocycles. The van der Waals surface area contributed by atoms with Gasteiger partial charge in [0, 0.05) is 17.8 Å². The number of carbonyl (C=O) groups excluding carboxylic acids is 1. The zero-order chi connectivity index (χ0) is 17.4. The number of nitrogens with zero attached hydrogens (tertiary/aromatic N) is 2. The second-order valence-corrected chi connectivity index (χ2v) is 6.70. The van der Waals surface area contributed by atoms with Crippen molar-refractivity contribution in [2.75, 3.05) is 18.1 Å². The van der Waals surface area contributed by atoms with Gasteiger partial charge in [-0.15, -0.1) is 0 Å². The van der Waals surface area contributed by atoms with Crippen molar-refractivity contribution in [3.05, 3.63) is 59.2 Å². The number of fused-ring (bicyclic) bond motifs is 4. The summed E-state index contributed by atoms with van der Waals surface area (Å²) in [7, 11) is 0. The highest BCUT2D eigenvalue weighted by Gasteiger charge is 2.56. The van der Waals surface area contributed by atoms with Crippen molar-refractivity contribution in [2.45, 2.75) is 31.6 Å². The number of para-hydroxylation sites is 1. The van der Waals surface area contributed by atoms with Crippen LogP contribution in [0.4, 0.5) is 5.69 Å². The maximum atomic E-state index is 13.5. The number of hydrogen-bond donors (Lipinski definition) is 0. The molecule has 25 heavy (non-hydrogen) atoms. The summed E-state index contributed by atoms with van der Waals surface area (Å²) >= 11 is 0. The van der Waals surface area contributed by atoms with E-state index >= 15 is 0 Å². The van der Waals surface area contributed by atoms with E-state index in [1.807, 2.05) is 35.2 Å². The lowest BCUT2D eigenvalue weighted by atomic mass is 9.76. The summed E-state index contributed by atoms with van der Waals surface area (Å²) in [5, 5.41) is 9.27. The first-order chi connectivity index (χ1) is 12.2. The van der Waals surface area contributed by atoms with Crippen LogP contribution >= 0.6 is 0 Å². The SMILES string of the molecule is CCCCCN1C(=O)C2(COc3ccc(C#N)cc32)c2ccccc21. The molecule has 4 heteroatoms. The summed E-state index contributed by atoms with van der Waals surface area (Å²) in [6.07, 6.45) is 3.20. The molecular formula is C21H20N2O2. The molecule has 0 aliphatic carbocycles. The molecular weight excluding hydrogens is 312 g/mol. The van der Waals surface area contributed by atoms with E-state index in [2.05, 4.69) is 13.0 Å². The summed E-state index contributed by atoms with van der Waals surface area (Å²) in [6.45, 7) is 3.18. The highest BCUT2D eigenvalue weighted by atomic mass is 16.5. The van der Waals surface area contributed by atoms with Crippen molar-refractivity contribution in [2.24, 2.45) is 0 Å². The van der Waals surface area contributed by atoms with Gasteiger partial charge in [-0.1, -0.05) is 38.0 Å². The molecule has 1 amide bonds. The minimum Gasteiger partial charge on any atom is -0.491 e. The van der Waals surface area contributed by atoms with Gasteiger partial charge in [-0.05, 0) is 36.2 Å². The monoisotopic (exact) mass is 332 g/mol. The Hall–Kier alpha value is -2.80. The maximum absolute atomic E-state index is 13.5. The number of hydrogen-bond acceptors (Lipinski definition) is 3. The lowest BCUT2D eigenvalue weighted by Gasteiger charge is -2.23. The third-order valence-corrected chi connectivity index (χ3v) is 5.26. The van der Waals surface area contributed by atoms with E-state index in [0.29, 0.717) is 17.9 Å². The van der Waals surface area contributed by atoms with Gasteiger partial charge in [-0.2, -0.15) is 5.26 Å². The summed E-state index contributed by atoms with van der Waals surface area (Å²) in [4.78, 5) is 15.4. The number of nitriles is 1. The fraction of sp³-hybridized carbons (Fsp3) is 0.333.